The van der Waals surface area contributed by atoms with E-state index in [0.29, 0.717) is 15.2 Å². The van der Waals surface area contributed by atoms with Crippen LogP contribution in [0.5, 0.6) is 0 Å². The van der Waals surface area contributed by atoms with Crippen LogP contribution in [0, 0.1) is 5.82 Å². The lowest BCUT2D eigenvalue weighted by Crippen LogP contribution is -2.31. The van der Waals surface area contributed by atoms with Crippen molar-refractivity contribution in [1.29, 1.82) is 0 Å². The van der Waals surface area contributed by atoms with Crippen molar-refractivity contribution >= 4 is 39.1 Å². The molecule has 0 saturated carbocycles. The lowest BCUT2D eigenvalue weighted by molar-refractivity contribution is -0.121. The van der Waals surface area contributed by atoms with Gasteiger partial charge in [-0.2, -0.15) is 0 Å². The molecule has 1 N–H and O–H groups in total. The van der Waals surface area contributed by atoms with Crippen molar-refractivity contribution in [3.63, 3.8) is 0 Å². The third-order valence-corrected chi connectivity index (χ3v) is 5.63. The normalized spacial score (nSPS) is 11.0. The molecule has 5 nitrogen and oxygen atoms in total. The molecule has 0 aliphatic heterocycles. The summed E-state index contributed by atoms with van der Waals surface area (Å²) < 4.78 is 14.7. The molecule has 0 spiro atoms. The Morgan fingerprint density at radius 3 is 2.59 bits per heavy atom. The minimum Gasteiger partial charge on any atom is -0.350 e. The molecule has 0 radical (unpaired) electrons. The first-order valence-electron chi connectivity index (χ1n) is 8.75. The summed E-state index contributed by atoms with van der Waals surface area (Å²) in [4.78, 5) is 29.4. The van der Waals surface area contributed by atoms with Crippen LogP contribution in [0.15, 0.2) is 65.0 Å². The fraction of sp³-hybridized carbons (Fsp3) is 0.0952. The summed E-state index contributed by atoms with van der Waals surface area (Å²) in [6.45, 7) is 0.112. The molecule has 2 aromatic carbocycles. The van der Waals surface area contributed by atoms with Gasteiger partial charge in [-0.1, -0.05) is 35.9 Å². The molecule has 1 amide bonds. The van der Waals surface area contributed by atoms with Crippen molar-refractivity contribution in [3.05, 3.63) is 87.0 Å². The summed E-state index contributed by atoms with van der Waals surface area (Å²) in [5, 5.41) is 5.23. The second-order valence-corrected chi connectivity index (χ2v) is 7.73. The fourth-order valence-electron chi connectivity index (χ4n) is 2.90. The predicted octanol–water partition coefficient (Wildman–Crippen LogP) is 4.23. The molecule has 0 bridgehead atoms. The van der Waals surface area contributed by atoms with E-state index >= 15 is 0 Å². The van der Waals surface area contributed by atoms with E-state index in [1.165, 1.54) is 34.4 Å². The van der Waals surface area contributed by atoms with Gasteiger partial charge in [-0.25, -0.2) is 9.37 Å². The molecule has 0 atom stereocenters. The molecule has 29 heavy (non-hydrogen) atoms. The van der Waals surface area contributed by atoms with Gasteiger partial charge in [-0.3, -0.25) is 14.2 Å². The van der Waals surface area contributed by atoms with Crippen molar-refractivity contribution in [3.8, 4) is 11.1 Å². The zero-order chi connectivity index (χ0) is 20.4. The SMILES string of the molecule is O=C(Cn1cnc2c(-c3ccc(Cl)cc3)csc2c1=O)NCc1ccc(F)cc1. The van der Waals surface area contributed by atoms with Crippen molar-refractivity contribution in [1.82, 2.24) is 14.9 Å². The molecule has 0 aliphatic rings. The van der Waals surface area contributed by atoms with Gasteiger partial charge < -0.3 is 5.32 Å². The Morgan fingerprint density at radius 2 is 1.86 bits per heavy atom. The van der Waals surface area contributed by atoms with Gasteiger partial charge in [0.05, 0.1) is 11.8 Å². The molecule has 4 rings (SSSR count). The monoisotopic (exact) mass is 427 g/mol. The number of carbonyl (C=O) groups is 1. The quantitative estimate of drug-likeness (QED) is 0.518. The van der Waals surface area contributed by atoms with Crippen LogP contribution in [0.2, 0.25) is 5.02 Å². The molecular weight excluding hydrogens is 413 g/mol. The minimum absolute atomic E-state index is 0.142. The van der Waals surface area contributed by atoms with Gasteiger partial charge in [0.2, 0.25) is 5.91 Å². The van der Waals surface area contributed by atoms with Crippen molar-refractivity contribution in [2.75, 3.05) is 0 Å². The van der Waals surface area contributed by atoms with Gasteiger partial charge in [0.1, 0.15) is 17.1 Å². The lowest BCUT2D eigenvalue weighted by atomic mass is 10.1. The van der Waals surface area contributed by atoms with Crippen LogP contribution in [0.1, 0.15) is 5.56 Å². The van der Waals surface area contributed by atoms with Crippen LogP contribution >= 0.6 is 22.9 Å². The maximum Gasteiger partial charge on any atom is 0.271 e. The first kappa shape index (κ1) is 19.3. The van der Waals surface area contributed by atoms with Crippen LogP contribution in [-0.4, -0.2) is 15.5 Å². The summed E-state index contributed by atoms with van der Waals surface area (Å²) in [6, 6.07) is 13.2. The van der Waals surface area contributed by atoms with Gasteiger partial charge >= 0.3 is 0 Å². The molecule has 0 fully saturated rings. The lowest BCUT2D eigenvalue weighted by Gasteiger charge is -2.08. The summed E-state index contributed by atoms with van der Waals surface area (Å²) in [5.74, 6) is -0.660. The topological polar surface area (TPSA) is 64.0 Å². The first-order chi connectivity index (χ1) is 14.0. The zero-order valence-electron chi connectivity index (χ0n) is 15.1. The van der Waals surface area contributed by atoms with Gasteiger partial charge in [0.15, 0.2) is 0 Å². The number of hydrogen-bond acceptors (Lipinski definition) is 4. The molecule has 0 aliphatic carbocycles. The standard InChI is InChI=1S/C21H15ClFN3O2S/c22-15-5-3-14(4-6-15)17-11-29-20-19(17)25-12-26(21(20)28)10-18(27)24-9-13-1-7-16(23)8-2-13/h1-8,11-12H,9-10H2,(H,24,27). The third kappa shape index (κ3) is 4.21. The summed E-state index contributed by atoms with van der Waals surface area (Å²) in [7, 11) is 0. The van der Waals surface area contributed by atoms with Crippen LogP contribution < -0.4 is 10.9 Å². The van der Waals surface area contributed by atoms with Crippen molar-refractivity contribution in [2.24, 2.45) is 0 Å². The second kappa shape index (κ2) is 8.14. The van der Waals surface area contributed by atoms with E-state index in [4.69, 9.17) is 11.6 Å². The number of hydrogen-bond donors (Lipinski definition) is 1. The third-order valence-electron chi connectivity index (χ3n) is 4.42. The summed E-state index contributed by atoms with van der Waals surface area (Å²) in [5.41, 5.74) is 2.88. The van der Waals surface area contributed by atoms with Crippen LogP contribution in [0.3, 0.4) is 0 Å². The number of nitrogens with zero attached hydrogens (tertiary/aromatic N) is 2. The maximum atomic E-state index is 12.9. The Labute approximate surface area is 174 Å². The van der Waals surface area contributed by atoms with E-state index in [1.54, 1.807) is 24.3 Å². The Morgan fingerprint density at radius 1 is 1.14 bits per heavy atom. The highest BCUT2D eigenvalue weighted by molar-refractivity contribution is 7.17. The fourth-order valence-corrected chi connectivity index (χ4v) is 4.00. The van der Waals surface area contributed by atoms with Crippen LogP contribution in [-0.2, 0) is 17.9 Å². The van der Waals surface area contributed by atoms with Gasteiger partial charge in [0.25, 0.3) is 5.56 Å². The number of nitrogens with one attached hydrogen (secondary N) is 1. The predicted molar refractivity (Wildman–Crippen MR) is 113 cm³/mol. The highest BCUT2D eigenvalue weighted by Crippen LogP contribution is 2.31. The number of rotatable bonds is 5. The van der Waals surface area contributed by atoms with Crippen molar-refractivity contribution in [2.45, 2.75) is 13.1 Å². The van der Waals surface area contributed by atoms with E-state index in [-0.39, 0.29) is 30.4 Å². The average Bonchev–Trinajstić information content (AvgIpc) is 3.15. The molecule has 0 unspecified atom stereocenters. The molecule has 4 aromatic rings. The number of carbonyl (C=O) groups excluding carboxylic acids is 1. The van der Waals surface area contributed by atoms with Gasteiger partial charge in [-0.15, -0.1) is 11.3 Å². The van der Waals surface area contributed by atoms with E-state index < -0.39 is 0 Å². The number of benzene rings is 2. The van der Waals surface area contributed by atoms with E-state index in [1.807, 2.05) is 17.5 Å². The Balaban J connectivity index is 1.52. The smallest absolute Gasteiger partial charge is 0.271 e. The van der Waals surface area contributed by atoms with Crippen LogP contribution in [0.4, 0.5) is 4.39 Å². The average molecular weight is 428 g/mol. The highest BCUT2D eigenvalue weighted by atomic mass is 35.5. The van der Waals surface area contributed by atoms with Gasteiger partial charge in [0, 0.05) is 22.5 Å². The second-order valence-electron chi connectivity index (χ2n) is 6.41. The highest BCUT2D eigenvalue weighted by Gasteiger charge is 2.14. The number of aromatic nitrogens is 2. The first-order valence-corrected chi connectivity index (χ1v) is 10.0. The molecule has 0 saturated heterocycles. The Hall–Kier alpha value is -3.03. The number of thiophene rings is 1. The number of amides is 1. The van der Waals surface area contributed by atoms with E-state index in [9.17, 15) is 14.0 Å². The molecule has 2 aromatic heterocycles. The summed E-state index contributed by atoms with van der Waals surface area (Å²) in [6.07, 6.45) is 1.38. The molecule has 2 heterocycles. The molecular formula is C21H15ClFN3O2S. The Kier molecular flexibility index (Phi) is 5.42. The number of fused-ring (bicyclic) bond motifs is 1. The largest absolute Gasteiger partial charge is 0.350 e. The van der Waals surface area contributed by atoms with Crippen molar-refractivity contribution < 1.29 is 9.18 Å². The van der Waals surface area contributed by atoms with E-state index in [2.05, 4.69) is 10.3 Å². The maximum absolute atomic E-state index is 12.9. The molecule has 146 valence electrons. The Bertz CT molecular complexity index is 1230. The zero-order valence-corrected chi connectivity index (χ0v) is 16.6. The van der Waals surface area contributed by atoms with Gasteiger partial charge in [-0.05, 0) is 35.4 Å². The number of halogens is 2. The summed E-state index contributed by atoms with van der Waals surface area (Å²) >= 11 is 7.23. The minimum atomic E-state index is -0.333. The van der Waals surface area contributed by atoms with Crippen LogP contribution in [0.25, 0.3) is 21.3 Å². The molecule has 8 heteroatoms. The van der Waals surface area contributed by atoms with E-state index in [0.717, 1.165) is 16.7 Å².